The quantitative estimate of drug-likeness (QED) is 0.810. The number of hydrogen-bond acceptors (Lipinski definition) is 4. The molecule has 17 heavy (non-hydrogen) atoms. The highest BCUT2D eigenvalue weighted by molar-refractivity contribution is 7.15. The number of nitrogens with zero attached hydrogens (tertiary/aromatic N) is 2. The van der Waals surface area contributed by atoms with Crippen LogP contribution < -0.4 is 0 Å². The molecule has 0 aliphatic rings. The first-order valence-corrected chi connectivity index (χ1v) is 6.25. The summed E-state index contributed by atoms with van der Waals surface area (Å²) >= 11 is 1.54. The molecule has 0 spiro atoms. The van der Waals surface area contributed by atoms with Gasteiger partial charge >= 0.3 is 0 Å². The van der Waals surface area contributed by atoms with Gasteiger partial charge in [-0.2, -0.15) is 5.26 Å². The van der Waals surface area contributed by atoms with Gasteiger partial charge in [0.15, 0.2) is 10.8 Å². The molecule has 2 aromatic heterocycles. The number of hydrogen-bond donors (Lipinski definition) is 0. The third-order valence-corrected chi connectivity index (χ3v) is 3.45. The Balaban J connectivity index is 2.49. The molecule has 0 saturated carbocycles. The van der Waals surface area contributed by atoms with Crippen molar-refractivity contribution in [2.75, 3.05) is 0 Å². The second-order valence-electron chi connectivity index (χ2n) is 4.85. The van der Waals surface area contributed by atoms with Crippen molar-refractivity contribution < 1.29 is 4.42 Å². The minimum atomic E-state index is -0.0481. The summed E-state index contributed by atoms with van der Waals surface area (Å²) in [6.45, 7) is 6.32. The van der Waals surface area contributed by atoms with Gasteiger partial charge in [0.25, 0.3) is 0 Å². The van der Waals surface area contributed by atoms with Crippen LogP contribution >= 0.6 is 11.3 Å². The van der Waals surface area contributed by atoms with Crippen molar-refractivity contribution in [1.82, 2.24) is 4.98 Å². The Labute approximate surface area is 105 Å². The van der Waals surface area contributed by atoms with Crippen molar-refractivity contribution in [3.8, 4) is 16.8 Å². The Kier molecular flexibility index (Phi) is 3.03. The fourth-order valence-corrected chi connectivity index (χ4v) is 2.81. The Morgan fingerprint density at radius 1 is 1.47 bits per heavy atom. The average Bonchev–Trinajstić information content (AvgIpc) is 2.82. The normalized spacial score (nSPS) is 11.4. The summed E-state index contributed by atoms with van der Waals surface area (Å²) < 4.78 is 5.34. The van der Waals surface area contributed by atoms with Gasteiger partial charge in [0, 0.05) is 10.3 Å². The molecule has 2 heterocycles. The van der Waals surface area contributed by atoms with E-state index in [0.717, 1.165) is 21.3 Å². The summed E-state index contributed by atoms with van der Waals surface area (Å²) in [5.41, 5.74) is 0.948. The van der Waals surface area contributed by atoms with Crippen molar-refractivity contribution in [1.29, 1.82) is 5.26 Å². The van der Waals surface area contributed by atoms with Crippen molar-refractivity contribution in [2.24, 2.45) is 0 Å². The molecule has 0 N–H and O–H groups in total. The van der Waals surface area contributed by atoms with E-state index < -0.39 is 0 Å². The van der Waals surface area contributed by atoms with Crippen LogP contribution in [-0.4, -0.2) is 4.98 Å². The second kappa shape index (κ2) is 4.34. The SMILES string of the molecule is CC(C)(C)c1nc(-c2ccco2)sc1CC#N. The highest BCUT2D eigenvalue weighted by Gasteiger charge is 2.24. The topological polar surface area (TPSA) is 49.8 Å². The van der Waals surface area contributed by atoms with Crippen LogP contribution in [0, 0.1) is 11.3 Å². The van der Waals surface area contributed by atoms with Crippen molar-refractivity contribution in [3.63, 3.8) is 0 Å². The Morgan fingerprint density at radius 3 is 2.76 bits per heavy atom. The molecule has 88 valence electrons. The molecule has 0 radical (unpaired) electrons. The van der Waals surface area contributed by atoms with Gasteiger partial charge < -0.3 is 4.42 Å². The van der Waals surface area contributed by atoms with Crippen LogP contribution in [0.4, 0.5) is 0 Å². The van der Waals surface area contributed by atoms with Crippen LogP contribution in [-0.2, 0) is 11.8 Å². The van der Waals surface area contributed by atoms with Crippen LogP contribution in [0.15, 0.2) is 22.8 Å². The molecular weight excluding hydrogens is 232 g/mol. The Hall–Kier alpha value is -1.60. The third kappa shape index (κ3) is 2.40. The van der Waals surface area contributed by atoms with Gasteiger partial charge in [-0.05, 0) is 12.1 Å². The van der Waals surface area contributed by atoms with E-state index in [-0.39, 0.29) is 5.41 Å². The minimum absolute atomic E-state index is 0.0481. The predicted molar refractivity (Wildman–Crippen MR) is 67.8 cm³/mol. The summed E-state index contributed by atoms with van der Waals surface area (Å²) in [7, 11) is 0. The standard InChI is InChI=1S/C13H14N2OS/c1-13(2,3)11-10(6-7-14)17-12(15-11)9-5-4-8-16-9/h4-5,8H,6H2,1-3H3. The molecule has 0 aromatic carbocycles. The average molecular weight is 246 g/mol. The smallest absolute Gasteiger partial charge is 0.162 e. The second-order valence-corrected chi connectivity index (χ2v) is 5.94. The molecule has 0 atom stereocenters. The van der Waals surface area contributed by atoms with Crippen molar-refractivity contribution in [2.45, 2.75) is 32.6 Å². The molecule has 2 aromatic rings. The minimum Gasteiger partial charge on any atom is -0.462 e. The number of thiazole rings is 1. The number of rotatable bonds is 2. The summed E-state index contributed by atoms with van der Waals surface area (Å²) in [6.07, 6.45) is 2.04. The van der Waals surface area contributed by atoms with E-state index in [1.165, 1.54) is 0 Å². The fraction of sp³-hybridized carbons (Fsp3) is 0.385. The first kappa shape index (κ1) is 11.9. The van der Waals surface area contributed by atoms with Crippen LogP contribution in [0.1, 0.15) is 31.3 Å². The van der Waals surface area contributed by atoms with Crippen LogP contribution in [0.3, 0.4) is 0 Å². The maximum absolute atomic E-state index is 8.86. The summed E-state index contributed by atoms with van der Waals surface area (Å²) in [4.78, 5) is 5.65. The maximum atomic E-state index is 8.86. The number of furan rings is 1. The zero-order valence-electron chi connectivity index (χ0n) is 10.2. The van der Waals surface area contributed by atoms with Gasteiger partial charge in [0.1, 0.15) is 0 Å². The molecule has 0 saturated heterocycles. The van der Waals surface area contributed by atoms with E-state index in [0.29, 0.717) is 6.42 Å². The molecule has 2 rings (SSSR count). The third-order valence-electron chi connectivity index (χ3n) is 2.38. The molecule has 0 aliphatic heterocycles. The zero-order chi connectivity index (χ0) is 12.5. The van der Waals surface area contributed by atoms with Crippen molar-refractivity contribution in [3.05, 3.63) is 29.0 Å². The van der Waals surface area contributed by atoms with Gasteiger partial charge in [0.2, 0.25) is 0 Å². The van der Waals surface area contributed by atoms with Gasteiger partial charge in [-0.25, -0.2) is 4.98 Å². The molecular formula is C13H14N2OS. The Bertz CT molecular complexity index is 541. The molecule has 0 bridgehead atoms. The van der Waals surface area contributed by atoms with E-state index >= 15 is 0 Å². The van der Waals surface area contributed by atoms with E-state index in [1.807, 2.05) is 12.1 Å². The maximum Gasteiger partial charge on any atom is 0.162 e. The lowest BCUT2D eigenvalue weighted by Crippen LogP contribution is -2.13. The highest BCUT2D eigenvalue weighted by Crippen LogP contribution is 2.34. The lowest BCUT2D eigenvalue weighted by molar-refractivity contribution is 0.563. The molecule has 0 unspecified atom stereocenters. The van der Waals surface area contributed by atoms with E-state index in [1.54, 1.807) is 17.6 Å². The van der Waals surface area contributed by atoms with Crippen molar-refractivity contribution >= 4 is 11.3 Å². The monoisotopic (exact) mass is 246 g/mol. The lowest BCUT2D eigenvalue weighted by Gasteiger charge is -2.16. The summed E-state index contributed by atoms with van der Waals surface area (Å²) in [5, 5.41) is 9.71. The Morgan fingerprint density at radius 2 is 2.24 bits per heavy atom. The van der Waals surface area contributed by atoms with Gasteiger partial charge in [-0.15, -0.1) is 11.3 Å². The summed E-state index contributed by atoms with van der Waals surface area (Å²) in [5.74, 6) is 0.768. The molecule has 0 fully saturated rings. The van der Waals surface area contributed by atoms with Gasteiger partial charge in [0.05, 0.1) is 24.4 Å². The van der Waals surface area contributed by atoms with E-state index in [4.69, 9.17) is 9.68 Å². The fourth-order valence-electron chi connectivity index (χ4n) is 1.63. The lowest BCUT2D eigenvalue weighted by atomic mass is 9.91. The molecule has 3 nitrogen and oxygen atoms in total. The first-order valence-electron chi connectivity index (χ1n) is 5.43. The number of nitriles is 1. The van der Waals surface area contributed by atoms with E-state index in [2.05, 4.69) is 31.8 Å². The number of aromatic nitrogens is 1. The van der Waals surface area contributed by atoms with Gasteiger partial charge in [-0.3, -0.25) is 0 Å². The molecule has 4 heteroatoms. The molecule has 0 amide bonds. The predicted octanol–water partition coefficient (Wildman–Crippen LogP) is 3.77. The first-order chi connectivity index (χ1) is 8.02. The van der Waals surface area contributed by atoms with Gasteiger partial charge in [-0.1, -0.05) is 20.8 Å². The zero-order valence-corrected chi connectivity index (χ0v) is 11.0. The van der Waals surface area contributed by atoms with E-state index in [9.17, 15) is 0 Å². The van der Waals surface area contributed by atoms with Crippen LogP contribution in [0.5, 0.6) is 0 Å². The highest BCUT2D eigenvalue weighted by atomic mass is 32.1. The largest absolute Gasteiger partial charge is 0.462 e. The van der Waals surface area contributed by atoms with Crippen LogP contribution in [0.25, 0.3) is 10.8 Å². The van der Waals surface area contributed by atoms with Crippen LogP contribution in [0.2, 0.25) is 0 Å². The molecule has 0 aliphatic carbocycles. The summed E-state index contributed by atoms with van der Waals surface area (Å²) in [6, 6.07) is 5.93.